The number of nitriles is 1. The Morgan fingerprint density at radius 1 is 1.00 bits per heavy atom. The number of allylic oxidation sites excluding steroid dienone is 4. The summed E-state index contributed by atoms with van der Waals surface area (Å²) in [6, 6.07) is 8.01. The number of ketones is 1. The summed E-state index contributed by atoms with van der Waals surface area (Å²) >= 11 is 0. The maximum absolute atomic E-state index is 15.3. The lowest BCUT2D eigenvalue weighted by Gasteiger charge is -2.67. The molecule has 17 heteroatoms. The van der Waals surface area contributed by atoms with Gasteiger partial charge in [-0.15, -0.1) is 0 Å². The Morgan fingerprint density at radius 3 is 2.30 bits per heavy atom. The zero-order valence-electron chi connectivity index (χ0n) is 43.0. The lowest BCUT2D eigenvalue weighted by Crippen LogP contribution is -2.79. The molecule has 3 saturated carbocycles. The van der Waals surface area contributed by atoms with Crippen molar-refractivity contribution in [2.75, 3.05) is 20.8 Å². The molecule has 2 aromatic carbocycles. The molecule has 7 aliphatic rings. The second-order valence-electron chi connectivity index (χ2n) is 21.2. The average Bonchev–Trinajstić information content (AvgIpc) is 3.35. The minimum atomic E-state index is -2.32. The maximum atomic E-state index is 15.3. The number of esters is 2. The van der Waals surface area contributed by atoms with E-state index in [0.717, 1.165) is 11.1 Å². The quantitative estimate of drug-likeness (QED) is 0.0538. The van der Waals surface area contributed by atoms with Gasteiger partial charge < -0.3 is 58.9 Å². The first-order valence-corrected chi connectivity index (χ1v) is 24.8. The van der Waals surface area contributed by atoms with Crippen molar-refractivity contribution in [2.45, 2.75) is 135 Å². The fourth-order valence-electron chi connectivity index (χ4n) is 11.7. The number of carbonyl (C=O) groups is 3. The summed E-state index contributed by atoms with van der Waals surface area (Å²) in [6.07, 6.45) is 3.12. The largest absolute Gasteiger partial charge is 0.482 e. The van der Waals surface area contributed by atoms with Gasteiger partial charge in [0.1, 0.15) is 59.0 Å². The highest BCUT2D eigenvalue weighted by Gasteiger charge is 2.77. The van der Waals surface area contributed by atoms with Gasteiger partial charge in [0, 0.05) is 47.9 Å². The number of nitrogens with zero attached hydrogens (tertiary/aromatic N) is 2. The zero-order chi connectivity index (χ0) is 53.2. The summed E-state index contributed by atoms with van der Waals surface area (Å²) in [5.41, 5.74) is -0.827. The maximum Gasteiger partial charge on any atom is 0.343 e. The molecule has 390 valence electrons. The van der Waals surface area contributed by atoms with Crippen LogP contribution in [0.5, 0.6) is 23.0 Å². The Balaban J connectivity index is 1.37. The van der Waals surface area contributed by atoms with E-state index in [2.05, 4.69) is 12.1 Å². The standard InChI is InChI=1S/C56H67N3O14/c1-27(2)12-11-21-54(8)22-20-34-46(72-54)33(18-13-28(3)4)48-40(47(34)71-52(66)31-14-16-32(17-15-31)69-53-45(63)44(62)43(61)38(26-60)70-53)42-41-39(36(25-57)50(58)59(42)9)35-24-37(29(5)6)56(41,73-48)55(67,49(35)64)23-19-30(7)51(65)68-10/h12-17,19-20,22,29,35-39,43-45,53,58,60-63,67H,11,18,21,23-24,26H2,1-10H3/t35?,36?,37?,38-,39?,43-,44+,45-,53-,54?,55?,56?/m0/s1. The van der Waals surface area contributed by atoms with Gasteiger partial charge in [-0.25, -0.2) is 9.59 Å². The fourth-order valence-corrected chi connectivity index (χ4v) is 11.7. The summed E-state index contributed by atoms with van der Waals surface area (Å²) in [4.78, 5) is 44.5. The van der Waals surface area contributed by atoms with Crippen LogP contribution in [0.2, 0.25) is 0 Å². The zero-order valence-corrected chi connectivity index (χ0v) is 43.0. The van der Waals surface area contributed by atoms with Gasteiger partial charge in [-0.3, -0.25) is 10.2 Å². The van der Waals surface area contributed by atoms with Crippen LogP contribution in [-0.4, -0.2) is 122 Å². The highest BCUT2D eigenvalue weighted by molar-refractivity contribution is 6.06. The van der Waals surface area contributed by atoms with E-state index in [1.807, 2.05) is 66.7 Å². The van der Waals surface area contributed by atoms with E-state index in [1.54, 1.807) is 11.9 Å². The monoisotopic (exact) mass is 1010 g/mol. The molecule has 1 saturated heterocycles. The van der Waals surface area contributed by atoms with Gasteiger partial charge in [0.15, 0.2) is 22.7 Å². The third kappa shape index (κ3) is 8.79. The number of Topliss-reactive ketones (excluding diaryl/α,β-unsaturated/α-hetero) is 1. The highest BCUT2D eigenvalue weighted by Crippen LogP contribution is 2.70. The van der Waals surface area contributed by atoms with Crippen LogP contribution in [0.25, 0.3) is 11.8 Å². The Hall–Kier alpha value is -6.13. The minimum Gasteiger partial charge on any atom is -0.482 e. The smallest absolute Gasteiger partial charge is 0.343 e. The van der Waals surface area contributed by atoms with E-state index < -0.39 is 95.5 Å². The van der Waals surface area contributed by atoms with Gasteiger partial charge in [-0.05, 0) is 110 Å². The van der Waals surface area contributed by atoms with E-state index in [9.17, 15) is 45.8 Å². The molecule has 1 spiro atoms. The van der Waals surface area contributed by atoms with E-state index in [1.165, 1.54) is 44.4 Å². The molecule has 12 atom stereocenters. The molecule has 4 fully saturated rings. The van der Waals surface area contributed by atoms with Crippen LogP contribution < -0.4 is 18.9 Å². The minimum absolute atomic E-state index is 0.00481. The Kier molecular flexibility index (Phi) is 14.5. The molecule has 0 radical (unpaired) electrons. The number of aliphatic hydroxyl groups excluding tert-OH is 4. The molecule has 0 amide bonds. The summed E-state index contributed by atoms with van der Waals surface area (Å²) in [7, 11) is 2.89. The lowest BCUT2D eigenvalue weighted by molar-refractivity contribution is -0.277. The van der Waals surface area contributed by atoms with E-state index in [4.69, 9.17) is 28.4 Å². The number of methoxy groups -OCH3 is 1. The van der Waals surface area contributed by atoms with E-state index in [0.29, 0.717) is 41.0 Å². The second-order valence-corrected chi connectivity index (χ2v) is 21.2. The van der Waals surface area contributed by atoms with Crippen molar-refractivity contribution < 1.29 is 68.3 Å². The first-order valence-electron chi connectivity index (χ1n) is 24.8. The molecule has 3 aliphatic carbocycles. The number of aliphatic hydroxyl groups is 5. The van der Waals surface area contributed by atoms with Crippen LogP contribution in [0.15, 0.2) is 70.9 Å². The summed E-state index contributed by atoms with van der Waals surface area (Å²) in [5.74, 6) is -5.31. The number of amidine groups is 1. The first-order chi connectivity index (χ1) is 34.5. The number of ether oxygens (including phenoxy) is 6. The summed E-state index contributed by atoms with van der Waals surface area (Å²) in [5, 5.41) is 75.0. The number of nitrogens with one attached hydrogen (secondary N) is 1. The molecule has 73 heavy (non-hydrogen) atoms. The van der Waals surface area contributed by atoms with Crippen LogP contribution in [0, 0.1) is 46.3 Å². The van der Waals surface area contributed by atoms with E-state index >= 15 is 4.79 Å². The number of benzene rings is 2. The van der Waals surface area contributed by atoms with Gasteiger partial charge >= 0.3 is 11.9 Å². The molecule has 2 aromatic rings. The Morgan fingerprint density at radius 2 is 1.68 bits per heavy atom. The molecule has 9 rings (SSSR count). The molecule has 7 unspecified atom stereocenters. The van der Waals surface area contributed by atoms with Gasteiger partial charge in [-0.1, -0.05) is 43.2 Å². The molecule has 4 aliphatic heterocycles. The van der Waals surface area contributed by atoms with Crippen molar-refractivity contribution in [3.8, 4) is 29.1 Å². The van der Waals surface area contributed by atoms with Crippen molar-refractivity contribution >= 4 is 35.3 Å². The van der Waals surface area contributed by atoms with Gasteiger partial charge in [0.05, 0.1) is 42.2 Å². The topological polar surface area (TPSA) is 259 Å². The highest BCUT2D eigenvalue weighted by atomic mass is 16.7. The van der Waals surface area contributed by atoms with Gasteiger partial charge in [-0.2, -0.15) is 5.26 Å². The van der Waals surface area contributed by atoms with E-state index in [-0.39, 0.29) is 65.0 Å². The van der Waals surface area contributed by atoms with Crippen molar-refractivity contribution in [3.63, 3.8) is 0 Å². The van der Waals surface area contributed by atoms with Crippen LogP contribution in [0.3, 0.4) is 0 Å². The molecular formula is C56H67N3O14. The number of hydrogen-bond donors (Lipinski definition) is 6. The molecule has 4 heterocycles. The number of carbonyl (C=O) groups excluding carboxylic acids is 3. The molecule has 0 aromatic heterocycles. The van der Waals surface area contributed by atoms with Gasteiger partial charge in [0.25, 0.3) is 0 Å². The predicted molar refractivity (Wildman–Crippen MR) is 267 cm³/mol. The first kappa shape index (κ1) is 53.2. The van der Waals surface area contributed by atoms with Crippen molar-refractivity contribution in [3.05, 3.63) is 93.1 Å². The predicted octanol–water partition coefficient (Wildman–Crippen LogP) is 6.14. The summed E-state index contributed by atoms with van der Waals surface area (Å²) < 4.78 is 37.7. The molecular weight excluding hydrogens is 939 g/mol. The molecule has 6 N–H and O–H groups in total. The fraction of sp³-hybridized carbons (Fsp3) is 0.518. The third-order valence-corrected chi connectivity index (χ3v) is 15.5. The van der Waals surface area contributed by atoms with Crippen LogP contribution in [0.4, 0.5) is 0 Å². The third-order valence-electron chi connectivity index (χ3n) is 15.5. The molecule has 2 bridgehead atoms. The van der Waals surface area contributed by atoms with Gasteiger partial charge in [0.2, 0.25) is 6.29 Å². The van der Waals surface area contributed by atoms with Crippen LogP contribution in [-0.2, 0) is 25.5 Å². The average molecular weight is 1010 g/mol. The Bertz CT molecular complexity index is 2790. The summed E-state index contributed by atoms with van der Waals surface area (Å²) in [6.45, 7) is 14.8. The SMILES string of the molecule is COC(=O)C(C)=CCC1(O)C(=O)C2CC(C(C)C)C13Oc1c(CC=C(C)C)c4c(c(OC(=O)c5ccc(O[C@H]6O[C@@H](CO)[C@H](O)[C@@H](O)[C@@H]6O)cc5)c1C1=C3C2C(C#N)C(=N)N1C)C=CC(C)(CCC=C(C)C)O4. The number of hydrogen-bond acceptors (Lipinski definition) is 16. The van der Waals surface area contributed by atoms with Crippen molar-refractivity contribution in [1.82, 2.24) is 4.90 Å². The van der Waals surface area contributed by atoms with Crippen molar-refractivity contribution in [2.24, 2.45) is 29.6 Å². The second kappa shape index (κ2) is 20.0. The van der Waals surface area contributed by atoms with Crippen LogP contribution >= 0.6 is 0 Å². The normalized spacial score (nSPS) is 31.8. The Labute approximate surface area is 425 Å². The lowest BCUT2D eigenvalue weighted by atomic mass is 9.42. The molecule has 17 nitrogen and oxygen atoms in total. The van der Waals surface area contributed by atoms with Crippen molar-refractivity contribution in [1.29, 1.82) is 10.7 Å². The van der Waals surface area contributed by atoms with Crippen LogP contribution in [0.1, 0.15) is 108 Å². The number of rotatable bonds is 14. The number of fused-ring (bicyclic) bond motifs is 5.